The maximum atomic E-state index is 11.8. The summed E-state index contributed by atoms with van der Waals surface area (Å²) < 4.78 is 6.77. The summed E-state index contributed by atoms with van der Waals surface area (Å²) in [7, 11) is 3.32. The van der Waals surface area contributed by atoms with Gasteiger partial charge in [0.1, 0.15) is 11.6 Å². The van der Waals surface area contributed by atoms with Crippen molar-refractivity contribution in [2.75, 3.05) is 12.8 Å². The largest absolute Gasteiger partial charge is 0.496 e. The fraction of sp³-hybridized carbons (Fsp3) is 0.267. The first kappa shape index (κ1) is 13.2. The highest BCUT2D eigenvalue weighted by molar-refractivity contribution is 5.69. The second-order valence-corrected chi connectivity index (χ2v) is 4.71. The number of nitrogens with two attached hydrogens (primary N) is 1. The van der Waals surface area contributed by atoms with E-state index >= 15 is 0 Å². The highest BCUT2D eigenvalue weighted by Gasteiger charge is 2.08. The van der Waals surface area contributed by atoms with Gasteiger partial charge in [-0.15, -0.1) is 0 Å². The molecule has 1 heterocycles. The van der Waals surface area contributed by atoms with Crippen molar-refractivity contribution in [3.05, 3.63) is 45.7 Å². The summed E-state index contributed by atoms with van der Waals surface area (Å²) in [4.78, 5) is 11.8. The molecular formula is C15H18N2O2. The summed E-state index contributed by atoms with van der Waals surface area (Å²) in [5.41, 5.74) is 9.60. The first-order valence-electron chi connectivity index (χ1n) is 6.06. The van der Waals surface area contributed by atoms with Crippen LogP contribution in [0.5, 0.6) is 5.75 Å². The monoisotopic (exact) mass is 258 g/mol. The summed E-state index contributed by atoms with van der Waals surface area (Å²) in [6.07, 6.45) is 0. The maximum absolute atomic E-state index is 11.8. The number of anilines is 1. The number of nitrogen functional groups attached to an aromatic ring is 1. The highest BCUT2D eigenvalue weighted by atomic mass is 16.5. The van der Waals surface area contributed by atoms with Crippen molar-refractivity contribution < 1.29 is 4.74 Å². The van der Waals surface area contributed by atoms with Crippen LogP contribution in [-0.2, 0) is 7.05 Å². The number of methoxy groups -OCH3 is 1. The van der Waals surface area contributed by atoms with Crippen LogP contribution < -0.4 is 16.0 Å². The van der Waals surface area contributed by atoms with Gasteiger partial charge >= 0.3 is 0 Å². The number of benzene rings is 1. The molecule has 100 valence electrons. The smallest absolute Gasteiger partial charge is 0.252 e. The van der Waals surface area contributed by atoms with E-state index in [1.54, 1.807) is 20.2 Å². The lowest BCUT2D eigenvalue weighted by Gasteiger charge is -2.12. The Labute approximate surface area is 112 Å². The summed E-state index contributed by atoms with van der Waals surface area (Å²) in [6.45, 7) is 3.97. The average Bonchev–Trinajstić information content (AvgIpc) is 2.35. The second kappa shape index (κ2) is 4.80. The molecule has 1 aromatic carbocycles. The molecule has 19 heavy (non-hydrogen) atoms. The van der Waals surface area contributed by atoms with E-state index in [9.17, 15) is 4.79 Å². The minimum absolute atomic E-state index is 0.110. The van der Waals surface area contributed by atoms with Crippen LogP contribution in [0.25, 0.3) is 11.1 Å². The number of aryl methyl sites for hydroxylation is 2. The second-order valence-electron chi connectivity index (χ2n) is 4.71. The Hall–Kier alpha value is -2.23. The van der Waals surface area contributed by atoms with Gasteiger partial charge in [-0.2, -0.15) is 0 Å². The molecule has 1 aromatic heterocycles. The molecule has 0 saturated carbocycles. The summed E-state index contributed by atoms with van der Waals surface area (Å²) in [5.74, 6) is 1.33. The summed E-state index contributed by atoms with van der Waals surface area (Å²) >= 11 is 0. The Bertz CT molecular complexity index is 664. The molecule has 0 fully saturated rings. The van der Waals surface area contributed by atoms with Crippen LogP contribution in [-0.4, -0.2) is 11.7 Å². The van der Waals surface area contributed by atoms with E-state index in [2.05, 4.69) is 0 Å². The molecule has 0 atom stereocenters. The molecule has 0 aliphatic rings. The lowest BCUT2D eigenvalue weighted by molar-refractivity contribution is 0.408. The Kier molecular flexibility index (Phi) is 3.34. The molecule has 0 bridgehead atoms. The van der Waals surface area contributed by atoms with Gasteiger partial charge in [-0.3, -0.25) is 9.36 Å². The summed E-state index contributed by atoms with van der Waals surface area (Å²) in [6, 6.07) is 7.40. The maximum Gasteiger partial charge on any atom is 0.252 e. The number of ether oxygens (including phenoxy) is 1. The molecule has 0 aliphatic heterocycles. The normalized spacial score (nSPS) is 10.5. The highest BCUT2D eigenvalue weighted by Crippen LogP contribution is 2.29. The number of nitrogens with zero attached hydrogens (tertiary/aromatic N) is 1. The molecule has 2 aromatic rings. The zero-order valence-corrected chi connectivity index (χ0v) is 11.7. The van der Waals surface area contributed by atoms with Crippen LogP contribution >= 0.6 is 0 Å². The van der Waals surface area contributed by atoms with Gasteiger partial charge in [0.05, 0.1) is 7.11 Å². The van der Waals surface area contributed by atoms with Gasteiger partial charge in [0.2, 0.25) is 0 Å². The number of pyridine rings is 1. The van der Waals surface area contributed by atoms with Crippen LogP contribution in [0.15, 0.2) is 29.1 Å². The van der Waals surface area contributed by atoms with E-state index in [-0.39, 0.29) is 5.56 Å². The third-order valence-electron chi connectivity index (χ3n) is 3.30. The van der Waals surface area contributed by atoms with Crippen molar-refractivity contribution in [1.82, 2.24) is 4.57 Å². The fourth-order valence-electron chi connectivity index (χ4n) is 2.26. The first-order valence-corrected chi connectivity index (χ1v) is 6.06. The molecule has 0 saturated heterocycles. The molecule has 0 amide bonds. The molecule has 2 N–H and O–H groups in total. The number of hydrogen-bond donors (Lipinski definition) is 1. The standard InChI is InChI=1S/C15H18N2O2/c1-9-5-11(6-10(2)15(9)19-4)12-7-13(16)17(3)14(18)8-12/h5-8H,16H2,1-4H3. The van der Waals surface area contributed by atoms with E-state index in [1.807, 2.05) is 32.0 Å². The molecule has 2 rings (SSSR count). The molecule has 4 nitrogen and oxygen atoms in total. The van der Waals surface area contributed by atoms with E-state index in [1.165, 1.54) is 4.57 Å². The Morgan fingerprint density at radius 3 is 2.05 bits per heavy atom. The number of aromatic nitrogens is 1. The van der Waals surface area contributed by atoms with Gasteiger partial charge in [0.15, 0.2) is 0 Å². The minimum atomic E-state index is -0.110. The van der Waals surface area contributed by atoms with Crippen LogP contribution in [0.3, 0.4) is 0 Å². The SMILES string of the molecule is COc1c(C)cc(-c2cc(N)n(C)c(=O)c2)cc1C. The van der Waals surface area contributed by atoms with E-state index in [0.717, 1.165) is 28.0 Å². The first-order chi connectivity index (χ1) is 8.93. The van der Waals surface area contributed by atoms with Crippen LogP contribution in [0.1, 0.15) is 11.1 Å². The number of rotatable bonds is 2. The van der Waals surface area contributed by atoms with Crippen LogP contribution in [0, 0.1) is 13.8 Å². The van der Waals surface area contributed by atoms with Crippen molar-refractivity contribution >= 4 is 5.82 Å². The third kappa shape index (κ3) is 2.34. The van der Waals surface area contributed by atoms with E-state index < -0.39 is 0 Å². The van der Waals surface area contributed by atoms with Crippen molar-refractivity contribution in [1.29, 1.82) is 0 Å². The van der Waals surface area contributed by atoms with E-state index in [4.69, 9.17) is 10.5 Å². The van der Waals surface area contributed by atoms with Crippen LogP contribution in [0.4, 0.5) is 5.82 Å². The molecule has 0 aliphatic carbocycles. The third-order valence-corrected chi connectivity index (χ3v) is 3.30. The van der Waals surface area contributed by atoms with E-state index in [0.29, 0.717) is 5.82 Å². The quantitative estimate of drug-likeness (QED) is 0.899. The average molecular weight is 258 g/mol. The summed E-state index contributed by atoms with van der Waals surface area (Å²) in [5, 5.41) is 0. The van der Waals surface area contributed by atoms with Gasteiger partial charge in [-0.05, 0) is 54.3 Å². The van der Waals surface area contributed by atoms with Gasteiger partial charge < -0.3 is 10.5 Å². The topological polar surface area (TPSA) is 57.2 Å². The number of hydrogen-bond acceptors (Lipinski definition) is 3. The zero-order chi connectivity index (χ0) is 14.2. The zero-order valence-electron chi connectivity index (χ0n) is 11.7. The van der Waals surface area contributed by atoms with Gasteiger partial charge in [-0.25, -0.2) is 0 Å². The van der Waals surface area contributed by atoms with Gasteiger partial charge in [0, 0.05) is 13.1 Å². The lowest BCUT2D eigenvalue weighted by atomic mass is 10.0. The minimum Gasteiger partial charge on any atom is -0.496 e. The molecule has 0 unspecified atom stereocenters. The Morgan fingerprint density at radius 1 is 1.05 bits per heavy atom. The molecule has 4 heteroatoms. The molecule has 0 radical (unpaired) electrons. The predicted octanol–water partition coefficient (Wildman–Crippen LogP) is 2.26. The van der Waals surface area contributed by atoms with Crippen molar-refractivity contribution in [2.24, 2.45) is 7.05 Å². The Morgan fingerprint density at radius 2 is 1.58 bits per heavy atom. The molecule has 0 spiro atoms. The Balaban J connectivity index is 2.63. The van der Waals surface area contributed by atoms with Gasteiger partial charge in [-0.1, -0.05) is 0 Å². The van der Waals surface area contributed by atoms with Crippen LogP contribution in [0.2, 0.25) is 0 Å². The lowest BCUT2D eigenvalue weighted by Crippen LogP contribution is -2.18. The van der Waals surface area contributed by atoms with Crippen molar-refractivity contribution in [3.8, 4) is 16.9 Å². The fourth-order valence-corrected chi connectivity index (χ4v) is 2.26. The van der Waals surface area contributed by atoms with Crippen molar-refractivity contribution in [2.45, 2.75) is 13.8 Å². The molecular weight excluding hydrogens is 240 g/mol. The van der Waals surface area contributed by atoms with Crippen molar-refractivity contribution in [3.63, 3.8) is 0 Å². The van der Waals surface area contributed by atoms with Gasteiger partial charge in [0.25, 0.3) is 5.56 Å². The predicted molar refractivity (Wildman–Crippen MR) is 77.6 cm³/mol.